The average molecular weight is 496 g/mol. The molecule has 2 amide bonds. The first-order valence-corrected chi connectivity index (χ1v) is 13.3. The van der Waals surface area contributed by atoms with Crippen molar-refractivity contribution < 1.29 is 29.3 Å². The smallest absolute Gasteiger partial charge is 0.233 e. The van der Waals surface area contributed by atoms with E-state index in [-0.39, 0.29) is 41.9 Å². The molecule has 3 N–H and O–H groups in total. The van der Waals surface area contributed by atoms with Crippen molar-refractivity contribution in [3.05, 3.63) is 23.3 Å². The number of aliphatic hydroxyl groups is 1. The number of phenols is 1. The van der Waals surface area contributed by atoms with E-state index in [9.17, 15) is 24.6 Å². The molecule has 0 radical (unpaired) electrons. The van der Waals surface area contributed by atoms with Crippen LogP contribution in [0.15, 0.2) is 12.1 Å². The van der Waals surface area contributed by atoms with E-state index in [0.717, 1.165) is 24.2 Å². The van der Waals surface area contributed by atoms with Gasteiger partial charge in [-0.15, -0.1) is 0 Å². The summed E-state index contributed by atoms with van der Waals surface area (Å²) in [5, 5.41) is 26.2. The number of ketones is 1. The lowest BCUT2D eigenvalue weighted by Crippen LogP contribution is -2.78. The third kappa shape index (κ3) is 2.87. The third-order valence-electron chi connectivity index (χ3n) is 9.84. The minimum absolute atomic E-state index is 0.0212. The largest absolute Gasteiger partial charge is 0.504 e. The second kappa shape index (κ2) is 7.44. The molecule has 2 saturated carbocycles. The first-order chi connectivity index (χ1) is 17.2. The van der Waals surface area contributed by atoms with Gasteiger partial charge in [0.25, 0.3) is 0 Å². The van der Waals surface area contributed by atoms with Gasteiger partial charge < -0.3 is 25.2 Å². The lowest BCUT2D eigenvalue weighted by Gasteiger charge is -2.63. The molecule has 6 atom stereocenters. The monoisotopic (exact) mass is 495 g/mol. The molecule has 0 aromatic heterocycles. The van der Waals surface area contributed by atoms with E-state index in [0.29, 0.717) is 44.0 Å². The zero-order valence-corrected chi connectivity index (χ0v) is 20.5. The summed E-state index contributed by atoms with van der Waals surface area (Å²) in [5.41, 5.74) is -0.460. The van der Waals surface area contributed by atoms with Gasteiger partial charge in [-0.1, -0.05) is 6.07 Å². The summed E-state index contributed by atoms with van der Waals surface area (Å²) >= 11 is 0. The number of likely N-dealkylation sites (tertiary alicyclic amines) is 2. The maximum Gasteiger partial charge on any atom is 0.233 e. The normalized spacial score (nSPS) is 38.5. The molecule has 7 rings (SSSR count). The number of nitrogens with zero attached hydrogens (tertiary/aromatic N) is 2. The molecule has 1 aromatic carbocycles. The van der Waals surface area contributed by atoms with Gasteiger partial charge in [-0.25, -0.2) is 0 Å². The SMILES string of the molecule is CC(=O)N[C@H]1CCN(C(=O)C2C[C@@]3(O)[C@H]4Cc5ccc(O)c6c5[C@@]3(CCN4CC3CC3)[C@@H](O6)C2=O)C1. The van der Waals surface area contributed by atoms with Gasteiger partial charge in [0.1, 0.15) is 5.92 Å². The Labute approximate surface area is 209 Å². The van der Waals surface area contributed by atoms with Crippen molar-refractivity contribution in [2.75, 3.05) is 26.2 Å². The van der Waals surface area contributed by atoms with Gasteiger partial charge in [-0.3, -0.25) is 19.3 Å². The number of ether oxygens (including phenoxy) is 1. The minimum atomic E-state index is -1.32. The molecule has 9 nitrogen and oxygen atoms in total. The topological polar surface area (TPSA) is 119 Å². The molecular weight excluding hydrogens is 462 g/mol. The Balaban J connectivity index is 1.28. The van der Waals surface area contributed by atoms with Gasteiger partial charge in [0.05, 0.1) is 11.0 Å². The lowest BCUT2D eigenvalue weighted by atomic mass is 9.47. The van der Waals surface area contributed by atoms with Crippen LogP contribution in [0.1, 0.15) is 50.2 Å². The first kappa shape index (κ1) is 22.5. The predicted octanol–water partition coefficient (Wildman–Crippen LogP) is 0.489. The van der Waals surface area contributed by atoms with Crippen LogP contribution in [0, 0.1) is 11.8 Å². The Kier molecular flexibility index (Phi) is 4.66. The highest BCUT2D eigenvalue weighted by Crippen LogP contribution is 2.65. The van der Waals surface area contributed by atoms with Crippen molar-refractivity contribution in [1.29, 1.82) is 0 Å². The van der Waals surface area contributed by atoms with E-state index >= 15 is 0 Å². The second-order valence-corrected chi connectivity index (χ2v) is 11.9. The van der Waals surface area contributed by atoms with Gasteiger partial charge in [0.2, 0.25) is 11.8 Å². The molecule has 36 heavy (non-hydrogen) atoms. The number of Topliss-reactive ketones (excluding diaryl/α,β-unsaturated/α-hetero) is 1. The predicted molar refractivity (Wildman–Crippen MR) is 127 cm³/mol. The van der Waals surface area contributed by atoms with Crippen molar-refractivity contribution in [3.8, 4) is 11.5 Å². The Morgan fingerprint density at radius 1 is 1.22 bits per heavy atom. The van der Waals surface area contributed by atoms with Gasteiger partial charge in [0.15, 0.2) is 23.4 Å². The number of phenolic OH excluding ortho intramolecular Hbond substituents is 1. The summed E-state index contributed by atoms with van der Waals surface area (Å²) in [4.78, 5) is 43.3. The molecule has 192 valence electrons. The highest BCUT2D eigenvalue weighted by Gasteiger charge is 2.75. The van der Waals surface area contributed by atoms with E-state index in [2.05, 4.69) is 10.2 Å². The minimum Gasteiger partial charge on any atom is -0.504 e. The summed E-state index contributed by atoms with van der Waals surface area (Å²) in [7, 11) is 0. The number of hydrogen-bond acceptors (Lipinski definition) is 7. The Morgan fingerprint density at radius 3 is 2.78 bits per heavy atom. The number of nitrogens with one attached hydrogen (secondary N) is 1. The Hall–Kier alpha value is -2.65. The van der Waals surface area contributed by atoms with E-state index in [1.807, 2.05) is 6.07 Å². The van der Waals surface area contributed by atoms with Gasteiger partial charge >= 0.3 is 0 Å². The molecule has 3 aliphatic carbocycles. The fraction of sp³-hybridized carbons (Fsp3) is 0.667. The molecule has 3 heterocycles. The third-order valence-corrected chi connectivity index (χ3v) is 9.84. The van der Waals surface area contributed by atoms with Crippen LogP contribution in [0.2, 0.25) is 0 Å². The zero-order chi connectivity index (χ0) is 25.0. The van der Waals surface area contributed by atoms with Crippen molar-refractivity contribution in [3.63, 3.8) is 0 Å². The summed E-state index contributed by atoms with van der Waals surface area (Å²) in [6, 6.07) is 3.18. The van der Waals surface area contributed by atoms with Crippen LogP contribution in [-0.2, 0) is 26.2 Å². The van der Waals surface area contributed by atoms with Gasteiger partial charge in [-0.05, 0) is 62.6 Å². The average Bonchev–Trinajstić information content (AvgIpc) is 3.40. The molecule has 1 spiro atoms. The van der Waals surface area contributed by atoms with Crippen LogP contribution < -0.4 is 10.1 Å². The lowest BCUT2D eigenvalue weighted by molar-refractivity contribution is -0.200. The summed E-state index contributed by atoms with van der Waals surface area (Å²) in [6.07, 6.45) is 3.28. The van der Waals surface area contributed by atoms with Crippen molar-refractivity contribution >= 4 is 17.6 Å². The fourth-order valence-corrected chi connectivity index (χ4v) is 8.10. The van der Waals surface area contributed by atoms with Crippen LogP contribution in [0.5, 0.6) is 11.5 Å². The van der Waals surface area contributed by atoms with E-state index in [1.54, 1.807) is 11.0 Å². The molecule has 3 aliphatic heterocycles. The Bertz CT molecular complexity index is 1180. The van der Waals surface area contributed by atoms with Gasteiger partial charge in [-0.2, -0.15) is 0 Å². The van der Waals surface area contributed by atoms with Crippen molar-refractivity contribution in [2.45, 2.75) is 74.7 Å². The maximum absolute atomic E-state index is 14.0. The molecule has 4 fully saturated rings. The number of benzene rings is 1. The van der Waals surface area contributed by atoms with Crippen LogP contribution in [0.25, 0.3) is 0 Å². The summed E-state index contributed by atoms with van der Waals surface area (Å²) in [5.74, 6) is -0.815. The molecule has 1 aromatic rings. The van der Waals surface area contributed by atoms with Crippen LogP contribution >= 0.6 is 0 Å². The number of piperidine rings is 1. The number of amides is 2. The highest BCUT2D eigenvalue weighted by atomic mass is 16.5. The van der Waals surface area contributed by atoms with E-state index in [1.165, 1.54) is 19.8 Å². The van der Waals surface area contributed by atoms with E-state index < -0.39 is 23.0 Å². The number of aromatic hydroxyl groups is 1. The zero-order valence-electron chi connectivity index (χ0n) is 20.5. The maximum atomic E-state index is 14.0. The molecule has 2 saturated heterocycles. The summed E-state index contributed by atoms with van der Waals surface area (Å²) in [6.45, 7) is 3.96. The number of carbonyl (C=O) groups excluding carboxylic acids is 3. The fourth-order valence-electron chi connectivity index (χ4n) is 8.10. The summed E-state index contributed by atoms with van der Waals surface area (Å²) < 4.78 is 6.23. The first-order valence-electron chi connectivity index (χ1n) is 13.3. The second-order valence-electron chi connectivity index (χ2n) is 11.9. The molecule has 6 aliphatic rings. The molecule has 9 heteroatoms. The quantitative estimate of drug-likeness (QED) is 0.520. The molecule has 1 unspecified atom stereocenters. The van der Waals surface area contributed by atoms with Crippen LogP contribution in [0.3, 0.4) is 0 Å². The van der Waals surface area contributed by atoms with Crippen molar-refractivity contribution in [2.24, 2.45) is 11.8 Å². The van der Waals surface area contributed by atoms with E-state index in [4.69, 9.17) is 4.74 Å². The molecule has 2 bridgehead atoms. The molecular formula is C27H33N3O6. The van der Waals surface area contributed by atoms with Crippen molar-refractivity contribution in [1.82, 2.24) is 15.1 Å². The van der Waals surface area contributed by atoms with Crippen LogP contribution in [-0.4, -0.2) is 87.6 Å². The number of rotatable bonds is 4. The van der Waals surface area contributed by atoms with Gasteiger partial charge in [0, 0.05) is 44.2 Å². The number of hydrogen-bond donors (Lipinski definition) is 3. The highest BCUT2D eigenvalue weighted by molar-refractivity contribution is 6.06. The number of carbonyl (C=O) groups is 3. The van der Waals surface area contributed by atoms with Crippen LogP contribution in [0.4, 0.5) is 0 Å². The Morgan fingerprint density at radius 2 is 2.03 bits per heavy atom. The standard InChI is InChI=1S/C27H33N3O6/c1-14(31)28-17-6-8-30(13-17)25(34)18-11-27(35)20-10-16-4-5-19(32)23-21(16)26(27,24(36-23)22(18)33)7-9-29(20)12-15-2-3-15/h4-5,15,17-18,20,24,32,35H,2-3,6-13H2,1H3,(H,28,31)/t17-,18?,20+,24-,26-,27+/m0/s1.